The molecule has 0 saturated carbocycles. The van der Waals surface area contributed by atoms with Gasteiger partial charge in [0.2, 0.25) is 0 Å². The molecule has 0 amide bonds. The first-order chi connectivity index (χ1) is 8.77. The minimum Gasteiger partial charge on any atom is -0.399 e. The average Bonchev–Trinajstić information content (AvgIpc) is 2.26. The smallest absolute Gasteiger partial charge is 0.399 e. The fraction of sp³-hybridized carbons (Fsp3) is 0.0769. The molecule has 0 aliphatic rings. The fourth-order valence-corrected chi connectivity index (χ4v) is 1.69. The van der Waals surface area contributed by atoms with Crippen LogP contribution in [0.3, 0.4) is 0 Å². The molecule has 19 heavy (non-hydrogen) atoms. The van der Waals surface area contributed by atoms with Gasteiger partial charge in [-0.1, -0.05) is 0 Å². The lowest BCUT2D eigenvalue weighted by Gasteiger charge is -2.11. The number of rotatable bonds is 1. The highest BCUT2D eigenvalue weighted by molar-refractivity contribution is 5.69. The molecule has 2 aromatic carbocycles. The second kappa shape index (κ2) is 4.53. The van der Waals surface area contributed by atoms with Crippen molar-refractivity contribution < 1.29 is 22.0 Å². The SMILES string of the molecule is Nc1cc(-c2ccc(F)cc2F)cc(C(F)(F)F)c1. The molecule has 6 heteroatoms. The summed E-state index contributed by atoms with van der Waals surface area (Å²) in [6, 6.07) is 5.36. The molecule has 100 valence electrons. The normalized spacial score (nSPS) is 11.6. The monoisotopic (exact) mass is 273 g/mol. The minimum absolute atomic E-state index is 0.0511. The van der Waals surface area contributed by atoms with E-state index < -0.39 is 23.4 Å². The maximum atomic E-state index is 13.5. The van der Waals surface area contributed by atoms with Gasteiger partial charge in [-0.25, -0.2) is 8.78 Å². The Morgan fingerprint density at radius 2 is 1.58 bits per heavy atom. The van der Waals surface area contributed by atoms with Crippen LogP contribution in [-0.2, 0) is 6.18 Å². The van der Waals surface area contributed by atoms with Crippen molar-refractivity contribution in [3.63, 3.8) is 0 Å². The van der Waals surface area contributed by atoms with Gasteiger partial charge in [0, 0.05) is 17.3 Å². The predicted molar refractivity (Wildman–Crippen MR) is 61.2 cm³/mol. The summed E-state index contributed by atoms with van der Waals surface area (Å²) >= 11 is 0. The van der Waals surface area contributed by atoms with Crippen LogP contribution in [0.4, 0.5) is 27.6 Å². The van der Waals surface area contributed by atoms with Crippen LogP contribution < -0.4 is 5.73 Å². The Bertz CT molecular complexity index is 619. The largest absolute Gasteiger partial charge is 0.416 e. The summed E-state index contributed by atoms with van der Waals surface area (Å²) in [5, 5.41) is 0. The lowest BCUT2D eigenvalue weighted by molar-refractivity contribution is -0.137. The van der Waals surface area contributed by atoms with Crippen molar-refractivity contribution in [3.8, 4) is 11.1 Å². The number of nitrogen functional groups attached to an aromatic ring is 1. The first kappa shape index (κ1) is 13.3. The summed E-state index contributed by atoms with van der Waals surface area (Å²) in [6.45, 7) is 0. The van der Waals surface area contributed by atoms with E-state index in [4.69, 9.17) is 5.73 Å². The zero-order valence-electron chi connectivity index (χ0n) is 9.43. The molecule has 0 aliphatic carbocycles. The summed E-state index contributed by atoms with van der Waals surface area (Å²) in [4.78, 5) is 0. The lowest BCUT2D eigenvalue weighted by atomic mass is 10.0. The molecule has 2 rings (SSSR count). The van der Waals surface area contributed by atoms with Crippen LogP contribution in [0.1, 0.15) is 5.56 Å². The Morgan fingerprint density at radius 1 is 0.895 bits per heavy atom. The molecule has 0 atom stereocenters. The van der Waals surface area contributed by atoms with Crippen molar-refractivity contribution >= 4 is 5.69 Å². The Balaban J connectivity index is 2.59. The molecule has 0 saturated heterocycles. The second-order valence-electron chi connectivity index (χ2n) is 3.97. The van der Waals surface area contributed by atoms with Crippen molar-refractivity contribution in [2.45, 2.75) is 6.18 Å². The second-order valence-corrected chi connectivity index (χ2v) is 3.97. The highest BCUT2D eigenvalue weighted by Crippen LogP contribution is 2.34. The molecule has 0 aliphatic heterocycles. The summed E-state index contributed by atoms with van der Waals surface area (Å²) in [5.41, 5.74) is 4.06. The van der Waals surface area contributed by atoms with E-state index in [9.17, 15) is 22.0 Å². The molecule has 2 N–H and O–H groups in total. The van der Waals surface area contributed by atoms with Crippen LogP contribution in [0.25, 0.3) is 11.1 Å². The van der Waals surface area contributed by atoms with Gasteiger partial charge in [0.1, 0.15) is 11.6 Å². The number of hydrogen-bond acceptors (Lipinski definition) is 1. The van der Waals surface area contributed by atoms with Gasteiger partial charge in [0.15, 0.2) is 0 Å². The summed E-state index contributed by atoms with van der Waals surface area (Å²) < 4.78 is 64.2. The molecule has 0 aromatic heterocycles. The first-order valence-electron chi connectivity index (χ1n) is 5.20. The average molecular weight is 273 g/mol. The van der Waals surface area contributed by atoms with E-state index in [1.807, 2.05) is 0 Å². The van der Waals surface area contributed by atoms with Gasteiger partial charge in [0.25, 0.3) is 0 Å². The van der Waals surface area contributed by atoms with Crippen molar-refractivity contribution in [2.24, 2.45) is 0 Å². The number of halogens is 5. The summed E-state index contributed by atoms with van der Waals surface area (Å²) in [5.74, 6) is -1.75. The lowest BCUT2D eigenvalue weighted by Crippen LogP contribution is -2.06. The number of alkyl halides is 3. The van der Waals surface area contributed by atoms with Crippen LogP contribution in [0.15, 0.2) is 36.4 Å². The van der Waals surface area contributed by atoms with Crippen LogP contribution in [0.2, 0.25) is 0 Å². The van der Waals surface area contributed by atoms with Crippen LogP contribution in [0.5, 0.6) is 0 Å². The number of benzene rings is 2. The highest BCUT2D eigenvalue weighted by atomic mass is 19.4. The Labute approximate surface area is 105 Å². The van der Waals surface area contributed by atoms with E-state index in [1.165, 1.54) is 6.07 Å². The Morgan fingerprint density at radius 3 is 2.16 bits per heavy atom. The maximum Gasteiger partial charge on any atom is 0.416 e. The van der Waals surface area contributed by atoms with E-state index in [1.54, 1.807) is 0 Å². The van der Waals surface area contributed by atoms with E-state index in [2.05, 4.69) is 0 Å². The van der Waals surface area contributed by atoms with Gasteiger partial charge in [-0.2, -0.15) is 13.2 Å². The number of nitrogens with two attached hydrogens (primary N) is 1. The van der Waals surface area contributed by atoms with Gasteiger partial charge < -0.3 is 5.73 Å². The van der Waals surface area contributed by atoms with Crippen LogP contribution in [-0.4, -0.2) is 0 Å². The van der Waals surface area contributed by atoms with Gasteiger partial charge in [-0.15, -0.1) is 0 Å². The van der Waals surface area contributed by atoms with Gasteiger partial charge in [-0.05, 0) is 35.9 Å². The molecule has 0 radical (unpaired) electrons. The third-order valence-corrected chi connectivity index (χ3v) is 2.52. The third kappa shape index (κ3) is 2.83. The predicted octanol–water partition coefficient (Wildman–Crippen LogP) is 4.23. The Hall–Kier alpha value is -2.11. The first-order valence-corrected chi connectivity index (χ1v) is 5.20. The van der Waals surface area contributed by atoms with E-state index in [0.717, 1.165) is 24.3 Å². The van der Waals surface area contributed by atoms with Crippen molar-refractivity contribution in [2.75, 3.05) is 5.73 Å². The van der Waals surface area contributed by atoms with Gasteiger partial charge in [0.05, 0.1) is 5.56 Å². The zero-order valence-corrected chi connectivity index (χ0v) is 9.43. The van der Waals surface area contributed by atoms with Gasteiger partial charge >= 0.3 is 6.18 Å². The Kier molecular flexibility index (Phi) is 3.18. The van der Waals surface area contributed by atoms with E-state index >= 15 is 0 Å². The molecular formula is C13H8F5N. The molecule has 0 unspecified atom stereocenters. The molecule has 0 spiro atoms. The maximum absolute atomic E-state index is 13.5. The zero-order chi connectivity index (χ0) is 14.2. The molecular weight excluding hydrogens is 265 g/mol. The third-order valence-electron chi connectivity index (χ3n) is 2.52. The molecule has 1 nitrogen and oxygen atoms in total. The summed E-state index contributed by atoms with van der Waals surface area (Å²) in [6.07, 6.45) is -4.58. The standard InChI is InChI=1S/C13H8F5N/c14-9-1-2-11(12(15)6-9)7-3-8(13(16,17)18)5-10(19)4-7/h1-6H,19H2. The number of anilines is 1. The van der Waals surface area contributed by atoms with Crippen LogP contribution >= 0.6 is 0 Å². The number of hydrogen-bond donors (Lipinski definition) is 1. The van der Waals surface area contributed by atoms with Crippen molar-refractivity contribution in [3.05, 3.63) is 53.6 Å². The fourth-order valence-electron chi connectivity index (χ4n) is 1.69. The molecule has 0 heterocycles. The van der Waals surface area contributed by atoms with Crippen molar-refractivity contribution in [1.29, 1.82) is 0 Å². The molecule has 0 bridgehead atoms. The van der Waals surface area contributed by atoms with E-state index in [0.29, 0.717) is 6.07 Å². The van der Waals surface area contributed by atoms with Crippen molar-refractivity contribution in [1.82, 2.24) is 0 Å². The highest BCUT2D eigenvalue weighted by Gasteiger charge is 2.31. The minimum atomic E-state index is -4.58. The quantitative estimate of drug-likeness (QED) is 0.610. The topological polar surface area (TPSA) is 26.0 Å². The summed E-state index contributed by atoms with van der Waals surface area (Å²) in [7, 11) is 0. The van der Waals surface area contributed by atoms with Gasteiger partial charge in [-0.3, -0.25) is 0 Å². The van der Waals surface area contributed by atoms with Crippen LogP contribution in [0, 0.1) is 11.6 Å². The molecule has 0 fully saturated rings. The van der Waals surface area contributed by atoms with E-state index in [-0.39, 0.29) is 16.8 Å². The molecule has 2 aromatic rings.